The molecular weight excluding hydrogens is 234 g/mol. The van der Waals surface area contributed by atoms with Crippen LogP contribution in [0.15, 0.2) is 34.9 Å². The van der Waals surface area contributed by atoms with Crippen molar-refractivity contribution < 1.29 is 4.42 Å². The van der Waals surface area contributed by atoms with E-state index in [0.717, 1.165) is 18.7 Å². The lowest BCUT2D eigenvalue weighted by Gasteiger charge is -2.29. The van der Waals surface area contributed by atoms with Crippen molar-refractivity contribution in [3.05, 3.63) is 36.1 Å². The second kappa shape index (κ2) is 5.11. The van der Waals surface area contributed by atoms with E-state index in [4.69, 9.17) is 4.42 Å². The third-order valence-corrected chi connectivity index (χ3v) is 3.69. The van der Waals surface area contributed by atoms with Crippen LogP contribution in [0.25, 0.3) is 11.0 Å². The summed E-state index contributed by atoms with van der Waals surface area (Å²) >= 11 is 0. The molecule has 0 amide bonds. The van der Waals surface area contributed by atoms with Gasteiger partial charge in [0.1, 0.15) is 5.58 Å². The number of para-hydroxylation sites is 1. The smallest absolute Gasteiger partial charge is 0.137 e. The van der Waals surface area contributed by atoms with E-state index in [0.29, 0.717) is 11.8 Å². The van der Waals surface area contributed by atoms with Gasteiger partial charge in [0.25, 0.3) is 0 Å². The maximum absolute atomic E-state index is 5.63. The summed E-state index contributed by atoms with van der Waals surface area (Å²) in [6.45, 7) is 4.55. The summed E-state index contributed by atoms with van der Waals surface area (Å²) in [7, 11) is 0. The minimum Gasteiger partial charge on any atom is -0.464 e. The Kier molecular flexibility index (Phi) is 3.75. The molecule has 1 aromatic carbocycles. The van der Waals surface area contributed by atoms with Gasteiger partial charge in [0.2, 0.25) is 0 Å². The highest BCUT2D eigenvalue weighted by molar-refractivity contribution is 5.85. The maximum Gasteiger partial charge on any atom is 0.137 e. The van der Waals surface area contributed by atoms with Gasteiger partial charge in [0.15, 0.2) is 0 Å². The van der Waals surface area contributed by atoms with E-state index in [-0.39, 0.29) is 12.4 Å². The molecule has 3 rings (SSSR count). The summed E-state index contributed by atoms with van der Waals surface area (Å²) in [5, 5.41) is 4.67. The van der Waals surface area contributed by atoms with Gasteiger partial charge in [-0.3, -0.25) is 0 Å². The lowest BCUT2D eigenvalue weighted by molar-refractivity contribution is 0.349. The molecule has 1 saturated heterocycles. The molecule has 92 valence electrons. The molecule has 2 aromatic rings. The first-order valence-corrected chi connectivity index (χ1v) is 6.03. The molecule has 1 N–H and O–H groups in total. The van der Waals surface area contributed by atoms with Crippen LogP contribution in [0, 0.1) is 5.92 Å². The summed E-state index contributed by atoms with van der Waals surface area (Å²) < 4.78 is 5.63. The molecule has 17 heavy (non-hydrogen) atoms. The SMILES string of the molecule is C[C@@H]1CNCC[C@@H]1c1cccc2ccoc12.Cl. The van der Waals surface area contributed by atoms with Crippen LogP contribution in [0.1, 0.15) is 24.8 Å². The standard InChI is InChI=1S/C14H17NO.ClH/c1-10-9-15-7-5-12(10)13-4-2-3-11-6-8-16-14(11)13;/h2-4,6,8,10,12,15H,5,7,9H2,1H3;1H/t10-,12+;/m1./s1. The van der Waals surface area contributed by atoms with E-state index in [1.165, 1.54) is 17.4 Å². The third-order valence-electron chi connectivity index (χ3n) is 3.69. The van der Waals surface area contributed by atoms with Crippen LogP contribution >= 0.6 is 12.4 Å². The Hall–Kier alpha value is -0.990. The van der Waals surface area contributed by atoms with Crippen LogP contribution in [0.5, 0.6) is 0 Å². The van der Waals surface area contributed by atoms with Crippen molar-refractivity contribution >= 4 is 23.4 Å². The highest BCUT2D eigenvalue weighted by Crippen LogP contribution is 2.34. The zero-order chi connectivity index (χ0) is 11.0. The number of fused-ring (bicyclic) bond motifs is 1. The average Bonchev–Trinajstić information content (AvgIpc) is 2.77. The Morgan fingerprint density at radius 2 is 2.18 bits per heavy atom. The van der Waals surface area contributed by atoms with E-state index in [1.807, 2.05) is 6.07 Å². The molecule has 0 saturated carbocycles. The van der Waals surface area contributed by atoms with Gasteiger partial charge >= 0.3 is 0 Å². The minimum absolute atomic E-state index is 0. The minimum atomic E-state index is 0. The van der Waals surface area contributed by atoms with Gasteiger partial charge in [0.05, 0.1) is 6.26 Å². The summed E-state index contributed by atoms with van der Waals surface area (Å²) in [4.78, 5) is 0. The van der Waals surface area contributed by atoms with E-state index in [2.05, 4.69) is 30.4 Å². The largest absolute Gasteiger partial charge is 0.464 e. The Bertz CT molecular complexity index is 494. The van der Waals surface area contributed by atoms with E-state index in [9.17, 15) is 0 Å². The molecule has 0 spiro atoms. The maximum atomic E-state index is 5.63. The molecule has 2 heterocycles. The molecule has 0 radical (unpaired) electrons. The normalized spacial score (nSPS) is 24.5. The third kappa shape index (κ3) is 2.20. The molecular formula is C14H18ClNO. The van der Waals surface area contributed by atoms with E-state index < -0.39 is 0 Å². The fourth-order valence-electron chi connectivity index (χ4n) is 2.78. The van der Waals surface area contributed by atoms with Gasteiger partial charge < -0.3 is 9.73 Å². The molecule has 0 unspecified atom stereocenters. The van der Waals surface area contributed by atoms with Crippen LogP contribution in [0.3, 0.4) is 0 Å². The van der Waals surface area contributed by atoms with Crippen LogP contribution in [-0.4, -0.2) is 13.1 Å². The topological polar surface area (TPSA) is 25.2 Å². The van der Waals surface area contributed by atoms with Gasteiger partial charge in [-0.2, -0.15) is 0 Å². The number of halogens is 1. The summed E-state index contributed by atoms with van der Waals surface area (Å²) in [6.07, 6.45) is 3.00. The zero-order valence-corrected chi connectivity index (χ0v) is 10.8. The average molecular weight is 252 g/mol. The molecule has 2 atom stereocenters. The molecule has 0 bridgehead atoms. The van der Waals surface area contributed by atoms with Crippen LogP contribution in [-0.2, 0) is 0 Å². The van der Waals surface area contributed by atoms with Crippen LogP contribution in [0.4, 0.5) is 0 Å². The van der Waals surface area contributed by atoms with Gasteiger partial charge in [0, 0.05) is 5.39 Å². The van der Waals surface area contributed by atoms with Crippen molar-refractivity contribution in [1.82, 2.24) is 5.32 Å². The number of furan rings is 1. The zero-order valence-electron chi connectivity index (χ0n) is 9.98. The van der Waals surface area contributed by atoms with Crippen LogP contribution < -0.4 is 5.32 Å². The summed E-state index contributed by atoms with van der Waals surface area (Å²) in [6, 6.07) is 8.53. The van der Waals surface area contributed by atoms with E-state index >= 15 is 0 Å². The van der Waals surface area contributed by atoms with Crippen molar-refractivity contribution in [3.63, 3.8) is 0 Å². The Morgan fingerprint density at radius 1 is 1.29 bits per heavy atom. The van der Waals surface area contributed by atoms with Crippen molar-refractivity contribution in [2.75, 3.05) is 13.1 Å². The first-order chi connectivity index (χ1) is 7.86. The second-order valence-electron chi connectivity index (χ2n) is 4.76. The van der Waals surface area contributed by atoms with Gasteiger partial charge in [-0.15, -0.1) is 12.4 Å². The first-order valence-electron chi connectivity index (χ1n) is 6.03. The lowest BCUT2D eigenvalue weighted by Crippen LogP contribution is -2.33. The monoisotopic (exact) mass is 251 g/mol. The number of hydrogen-bond acceptors (Lipinski definition) is 2. The first kappa shape index (κ1) is 12.5. The molecule has 3 heteroatoms. The number of nitrogens with one attached hydrogen (secondary N) is 1. The summed E-state index contributed by atoms with van der Waals surface area (Å²) in [5.41, 5.74) is 2.47. The predicted molar refractivity (Wildman–Crippen MR) is 72.9 cm³/mol. The van der Waals surface area contributed by atoms with Crippen LogP contribution in [0.2, 0.25) is 0 Å². The fourth-order valence-corrected chi connectivity index (χ4v) is 2.78. The number of rotatable bonds is 1. The number of hydrogen-bond donors (Lipinski definition) is 1. The number of piperidine rings is 1. The molecule has 1 aromatic heterocycles. The molecule has 1 aliphatic rings. The Balaban J connectivity index is 0.00000108. The van der Waals surface area contributed by atoms with Crippen molar-refractivity contribution in [3.8, 4) is 0 Å². The fraction of sp³-hybridized carbons (Fsp3) is 0.429. The second-order valence-corrected chi connectivity index (χ2v) is 4.76. The van der Waals surface area contributed by atoms with Crippen molar-refractivity contribution in [1.29, 1.82) is 0 Å². The molecule has 0 aliphatic carbocycles. The van der Waals surface area contributed by atoms with Gasteiger partial charge in [-0.1, -0.05) is 25.1 Å². The van der Waals surface area contributed by atoms with Gasteiger partial charge in [-0.05, 0) is 43.0 Å². The lowest BCUT2D eigenvalue weighted by atomic mass is 9.82. The predicted octanol–water partition coefficient (Wildman–Crippen LogP) is 3.57. The highest BCUT2D eigenvalue weighted by atomic mass is 35.5. The quantitative estimate of drug-likeness (QED) is 0.838. The van der Waals surface area contributed by atoms with E-state index in [1.54, 1.807) is 6.26 Å². The Morgan fingerprint density at radius 3 is 3.00 bits per heavy atom. The molecule has 2 nitrogen and oxygen atoms in total. The van der Waals surface area contributed by atoms with Crippen molar-refractivity contribution in [2.45, 2.75) is 19.3 Å². The van der Waals surface area contributed by atoms with Gasteiger partial charge in [-0.25, -0.2) is 0 Å². The van der Waals surface area contributed by atoms with Crippen molar-refractivity contribution in [2.24, 2.45) is 5.92 Å². The summed E-state index contributed by atoms with van der Waals surface area (Å²) in [5.74, 6) is 1.32. The Labute approximate surface area is 108 Å². The number of benzene rings is 1. The highest BCUT2D eigenvalue weighted by Gasteiger charge is 2.24. The molecule has 1 fully saturated rings. The molecule has 1 aliphatic heterocycles.